The molecule has 6 heteroatoms. The number of carbonyl (C=O) groups excluding carboxylic acids is 2. The first kappa shape index (κ1) is 18.3. The van der Waals surface area contributed by atoms with Crippen LogP contribution in [0.25, 0.3) is 0 Å². The lowest BCUT2D eigenvalue weighted by Crippen LogP contribution is -2.51. The lowest BCUT2D eigenvalue weighted by molar-refractivity contribution is -0.138. The molecule has 0 atom stereocenters. The van der Waals surface area contributed by atoms with E-state index >= 15 is 0 Å². The molecule has 1 aromatic carbocycles. The number of ketones is 1. The number of rotatable bonds is 4. The van der Waals surface area contributed by atoms with Crippen LogP contribution in [0.3, 0.4) is 0 Å². The quantitative estimate of drug-likeness (QED) is 0.760. The van der Waals surface area contributed by atoms with Gasteiger partial charge in [0.2, 0.25) is 5.91 Å². The molecule has 3 aliphatic rings. The minimum atomic E-state index is 0.0824. The maximum Gasteiger partial charge on any atom is 0.225 e. The van der Waals surface area contributed by atoms with Crippen molar-refractivity contribution in [3.63, 3.8) is 0 Å². The van der Waals surface area contributed by atoms with Crippen LogP contribution in [0.4, 0.5) is 0 Å². The van der Waals surface area contributed by atoms with Crippen LogP contribution in [0.2, 0.25) is 0 Å². The number of hydrogen-bond donors (Lipinski definition) is 0. The van der Waals surface area contributed by atoms with Crippen LogP contribution in [-0.4, -0.2) is 67.4 Å². The summed E-state index contributed by atoms with van der Waals surface area (Å²) in [7, 11) is 0. The molecule has 0 bridgehead atoms. The molecule has 1 amide bonds. The summed E-state index contributed by atoms with van der Waals surface area (Å²) in [5.74, 6) is 1.99. The molecular formula is C21H28N2O4. The smallest absolute Gasteiger partial charge is 0.225 e. The summed E-state index contributed by atoms with van der Waals surface area (Å²) < 4.78 is 11.1. The van der Waals surface area contributed by atoms with E-state index in [1.807, 2.05) is 11.0 Å². The van der Waals surface area contributed by atoms with Gasteiger partial charge in [0.05, 0.1) is 6.54 Å². The van der Waals surface area contributed by atoms with E-state index in [0.717, 1.165) is 39.0 Å². The Morgan fingerprint density at radius 2 is 1.63 bits per heavy atom. The average molecular weight is 372 g/mol. The van der Waals surface area contributed by atoms with Crippen LogP contribution in [0, 0.1) is 5.92 Å². The summed E-state index contributed by atoms with van der Waals surface area (Å²) in [5, 5.41) is 0. The lowest BCUT2D eigenvalue weighted by Gasteiger charge is -2.36. The molecule has 1 aliphatic carbocycles. The molecule has 4 rings (SSSR count). The summed E-state index contributed by atoms with van der Waals surface area (Å²) in [5.41, 5.74) is 0.653. The predicted octanol–water partition coefficient (Wildman–Crippen LogP) is 2.36. The number of nitrogens with zero attached hydrogens (tertiary/aromatic N) is 2. The van der Waals surface area contributed by atoms with Gasteiger partial charge in [-0.25, -0.2) is 0 Å². The molecular weight excluding hydrogens is 344 g/mol. The van der Waals surface area contributed by atoms with Gasteiger partial charge < -0.3 is 14.4 Å². The molecule has 2 fully saturated rings. The zero-order chi connectivity index (χ0) is 18.6. The minimum absolute atomic E-state index is 0.0824. The lowest BCUT2D eigenvalue weighted by atomic mass is 9.88. The molecule has 0 radical (unpaired) electrons. The molecule has 0 N–H and O–H groups in total. The van der Waals surface area contributed by atoms with Crippen molar-refractivity contribution in [1.82, 2.24) is 9.80 Å². The van der Waals surface area contributed by atoms with Crippen molar-refractivity contribution in [3.05, 3.63) is 23.8 Å². The summed E-state index contributed by atoms with van der Waals surface area (Å²) in [6.07, 6.45) is 5.71. The van der Waals surface area contributed by atoms with E-state index in [0.29, 0.717) is 42.7 Å². The van der Waals surface area contributed by atoms with Crippen molar-refractivity contribution in [2.24, 2.45) is 5.92 Å². The topological polar surface area (TPSA) is 59.1 Å². The van der Waals surface area contributed by atoms with Crippen molar-refractivity contribution in [2.45, 2.75) is 32.1 Å². The van der Waals surface area contributed by atoms with Gasteiger partial charge in [-0.3, -0.25) is 14.5 Å². The Labute approximate surface area is 160 Å². The van der Waals surface area contributed by atoms with Gasteiger partial charge in [0.1, 0.15) is 13.2 Å². The van der Waals surface area contributed by atoms with Crippen LogP contribution in [0.15, 0.2) is 18.2 Å². The second-order valence-electron chi connectivity index (χ2n) is 7.72. The Balaban J connectivity index is 1.28. The van der Waals surface area contributed by atoms with Crippen molar-refractivity contribution in [1.29, 1.82) is 0 Å². The number of amides is 1. The van der Waals surface area contributed by atoms with E-state index in [1.165, 1.54) is 19.3 Å². The Morgan fingerprint density at radius 1 is 0.926 bits per heavy atom. The monoisotopic (exact) mass is 372 g/mol. The molecule has 2 aliphatic heterocycles. The van der Waals surface area contributed by atoms with Crippen molar-refractivity contribution >= 4 is 11.7 Å². The molecule has 0 aromatic heterocycles. The SMILES string of the molecule is O=C(CN1CCN(C(=O)C2CCCCC2)CC1)c1ccc2c(c1)OCCO2. The molecule has 0 spiro atoms. The first-order chi connectivity index (χ1) is 13.2. The highest BCUT2D eigenvalue weighted by atomic mass is 16.6. The van der Waals surface area contributed by atoms with E-state index in [9.17, 15) is 9.59 Å². The Hall–Kier alpha value is -2.08. The van der Waals surface area contributed by atoms with Crippen molar-refractivity contribution in [3.8, 4) is 11.5 Å². The molecule has 27 heavy (non-hydrogen) atoms. The van der Waals surface area contributed by atoms with Crippen molar-refractivity contribution < 1.29 is 19.1 Å². The first-order valence-electron chi connectivity index (χ1n) is 10.1. The van der Waals surface area contributed by atoms with Gasteiger partial charge in [0.15, 0.2) is 17.3 Å². The van der Waals surface area contributed by atoms with Crippen LogP contribution in [0.1, 0.15) is 42.5 Å². The summed E-state index contributed by atoms with van der Waals surface area (Å²) in [6, 6.07) is 5.39. The van der Waals surface area contributed by atoms with Gasteiger partial charge in [-0.15, -0.1) is 0 Å². The number of benzene rings is 1. The fraction of sp³-hybridized carbons (Fsp3) is 0.619. The highest BCUT2D eigenvalue weighted by molar-refractivity contribution is 5.98. The summed E-state index contributed by atoms with van der Waals surface area (Å²) in [6.45, 7) is 4.41. The van der Waals surface area contributed by atoms with Gasteiger partial charge in [-0.1, -0.05) is 19.3 Å². The van der Waals surface area contributed by atoms with Gasteiger partial charge in [-0.05, 0) is 31.0 Å². The summed E-state index contributed by atoms with van der Waals surface area (Å²) >= 11 is 0. The molecule has 1 saturated carbocycles. The van der Waals surface area contributed by atoms with Gasteiger partial charge in [0.25, 0.3) is 0 Å². The molecule has 1 saturated heterocycles. The van der Waals surface area contributed by atoms with Crippen molar-refractivity contribution in [2.75, 3.05) is 45.9 Å². The second kappa shape index (κ2) is 8.30. The van der Waals surface area contributed by atoms with Crippen LogP contribution >= 0.6 is 0 Å². The van der Waals surface area contributed by atoms with Crippen LogP contribution in [0.5, 0.6) is 11.5 Å². The first-order valence-corrected chi connectivity index (χ1v) is 10.1. The second-order valence-corrected chi connectivity index (χ2v) is 7.72. The largest absolute Gasteiger partial charge is 0.486 e. The maximum atomic E-state index is 12.7. The van der Waals surface area contributed by atoms with Gasteiger partial charge in [0, 0.05) is 37.7 Å². The van der Waals surface area contributed by atoms with E-state index in [2.05, 4.69) is 4.90 Å². The number of fused-ring (bicyclic) bond motifs is 1. The Bertz CT molecular complexity index is 691. The number of carbonyl (C=O) groups is 2. The highest BCUT2D eigenvalue weighted by Crippen LogP contribution is 2.31. The maximum absolute atomic E-state index is 12.7. The zero-order valence-electron chi connectivity index (χ0n) is 15.8. The third-order valence-corrected chi connectivity index (χ3v) is 5.87. The molecule has 1 aromatic rings. The fourth-order valence-corrected chi connectivity index (χ4v) is 4.25. The third-order valence-electron chi connectivity index (χ3n) is 5.87. The zero-order valence-corrected chi connectivity index (χ0v) is 15.8. The number of piperazine rings is 1. The summed E-state index contributed by atoms with van der Waals surface area (Å²) in [4.78, 5) is 29.4. The normalized spacial score (nSPS) is 21.1. The van der Waals surface area contributed by atoms with E-state index < -0.39 is 0 Å². The van der Waals surface area contributed by atoms with Crippen LogP contribution < -0.4 is 9.47 Å². The number of Topliss-reactive ketones (excluding diaryl/α,β-unsaturated/α-hetero) is 1. The van der Waals surface area contributed by atoms with Crippen LogP contribution in [-0.2, 0) is 4.79 Å². The van der Waals surface area contributed by atoms with E-state index in [-0.39, 0.29) is 11.7 Å². The molecule has 2 heterocycles. The highest BCUT2D eigenvalue weighted by Gasteiger charge is 2.29. The molecule has 6 nitrogen and oxygen atoms in total. The fourth-order valence-electron chi connectivity index (χ4n) is 4.25. The predicted molar refractivity (Wildman–Crippen MR) is 101 cm³/mol. The Morgan fingerprint density at radius 3 is 2.37 bits per heavy atom. The molecule has 146 valence electrons. The number of hydrogen-bond acceptors (Lipinski definition) is 5. The van der Waals surface area contributed by atoms with Gasteiger partial charge in [-0.2, -0.15) is 0 Å². The minimum Gasteiger partial charge on any atom is -0.486 e. The Kier molecular flexibility index (Phi) is 5.62. The molecule has 0 unspecified atom stereocenters. The number of ether oxygens (including phenoxy) is 2. The van der Waals surface area contributed by atoms with E-state index in [4.69, 9.17) is 9.47 Å². The standard InChI is InChI=1S/C21H28N2O4/c24-18(17-6-7-19-20(14-17)27-13-12-26-19)15-22-8-10-23(11-9-22)21(25)16-4-2-1-3-5-16/h6-7,14,16H,1-5,8-13,15H2. The van der Waals surface area contributed by atoms with E-state index in [1.54, 1.807) is 12.1 Å². The van der Waals surface area contributed by atoms with Gasteiger partial charge >= 0.3 is 0 Å². The average Bonchev–Trinajstić information content (AvgIpc) is 2.74. The third kappa shape index (κ3) is 4.26.